The first-order valence-corrected chi connectivity index (χ1v) is 4.42. The van der Waals surface area contributed by atoms with Crippen molar-refractivity contribution in [3.63, 3.8) is 0 Å². The first-order chi connectivity index (χ1) is 9.25. The number of nitrogen functional groups attached to an aromatic ring is 1. The third-order valence-electron chi connectivity index (χ3n) is 1.38. The maximum atomic E-state index is 7.82. The summed E-state index contributed by atoms with van der Waals surface area (Å²) in [7, 11) is 0. The van der Waals surface area contributed by atoms with Crippen LogP contribution in [0, 0.1) is 0 Å². The van der Waals surface area contributed by atoms with Gasteiger partial charge >= 0.3 is 0 Å². The van der Waals surface area contributed by atoms with Crippen LogP contribution in [0.3, 0.4) is 0 Å². The predicted molar refractivity (Wildman–Crippen MR) is 59.6 cm³/mol. The van der Waals surface area contributed by atoms with Crippen molar-refractivity contribution in [2.75, 3.05) is 5.73 Å². The van der Waals surface area contributed by atoms with Gasteiger partial charge in [0.2, 0.25) is 0 Å². The molecule has 0 fully saturated rings. The molecule has 0 spiro atoms. The van der Waals surface area contributed by atoms with Gasteiger partial charge in [0.05, 0.1) is 31.5 Å². The van der Waals surface area contributed by atoms with Crippen LogP contribution in [0.15, 0.2) is 41.0 Å². The molecule has 0 radical (unpaired) electrons. The van der Waals surface area contributed by atoms with Crippen LogP contribution >= 0.6 is 15.9 Å². The van der Waals surface area contributed by atoms with E-state index in [9.17, 15) is 0 Å². The normalized spacial score (nSPS) is 16.1. The molecular formula is C10H8BrN3. The van der Waals surface area contributed by atoms with Crippen molar-refractivity contribution in [1.29, 1.82) is 0 Å². The molecule has 2 aromatic rings. The largest absolute Gasteiger partial charge is 0.397 e. The minimum Gasteiger partial charge on any atom is -0.397 e. The van der Waals surface area contributed by atoms with E-state index in [1.165, 1.54) is 0 Å². The molecule has 14 heavy (non-hydrogen) atoms. The zero-order valence-electron chi connectivity index (χ0n) is 12.8. The monoisotopic (exact) mass is 255 g/mol. The SMILES string of the molecule is [2H]c1nc(-c2nc([2H])c(Br)c([2H])c2[2H])c([2H])c([2H])c1N. The van der Waals surface area contributed by atoms with Crippen LogP contribution in [0.4, 0.5) is 5.69 Å². The quantitative estimate of drug-likeness (QED) is 0.852. The zero-order valence-corrected chi connectivity index (χ0v) is 8.44. The number of nitrogens with zero attached hydrogens (tertiary/aromatic N) is 2. The Hall–Kier alpha value is -1.42. The van der Waals surface area contributed by atoms with Crippen molar-refractivity contribution in [2.24, 2.45) is 0 Å². The summed E-state index contributed by atoms with van der Waals surface area (Å²) in [5.74, 6) is 0. The fourth-order valence-electron chi connectivity index (χ4n) is 0.798. The maximum absolute atomic E-state index is 7.82. The molecule has 2 N–H and O–H groups in total. The van der Waals surface area contributed by atoms with Crippen LogP contribution < -0.4 is 5.73 Å². The van der Waals surface area contributed by atoms with Crippen LogP contribution in [0.5, 0.6) is 0 Å². The first-order valence-electron chi connectivity index (χ1n) is 6.62. The average Bonchev–Trinajstić information content (AvgIpc) is 2.42. The van der Waals surface area contributed by atoms with Crippen molar-refractivity contribution in [1.82, 2.24) is 9.97 Å². The summed E-state index contributed by atoms with van der Waals surface area (Å²) < 4.78 is 46.1. The number of aromatic nitrogens is 2. The van der Waals surface area contributed by atoms with Gasteiger partial charge in [-0.1, -0.05) is 0 Å². The smallest absolute Gasteiger partial charge is 0.0887 e. The molecule has 0 aliphatic rings. The molecule has 70 valence electrons. The molecule has 2 rings (SSSR count). The van der Waals surface area contributed by atoms with Crippen molar-refractivity contribution >= 4 is 21.6 Å². The molecule has 4 heteroatoms. The molecule has 2 heterocycles. The molecule has 0 atom stereocenters. The second-order valence-corrected chi connectivity index (χ2v) is 3.17. The van der Waals surface area contributed by atoms with E-state index >= 15 is 0 Å². The van der Waals surface area contributed by atoms with Gasteiger partial charge in [0, 0.05) is 10.6 Å². The summed E-state index contributed by atoms with van der Waals surface area (Å²) >= 11 is 2.98. The summed E-state index contributed by atoms with van der Waals surface area (Å²) in [6.45, 7) is 0. The Bertz CT molecular complexity index is 660. The Balaban J connectivity index is 2.83. The Kier molecular flexibility index (Phi) is 1.18. The van der Waals surface area contributed by atoms with Gasteiger partial charge in [0.15, 0.2) is 0 Å². The van der Waals surface area contributed by atoms with Gasteiger partial charge in [0.1, 0.15) is 0 Å². The number of nitrogens with two attached hydrogens (primary N) is 1. The lowest BCUT2D eigenvalue weighted by Gasteiger charge is -1.99. The Morgan fingerprint density at radius 2 is 1.71 bits per heavy atom. The Labute approximate surface area is 98.6 Å². The van der Waals surface area contributed by atoms with E-state index in [2.05, 4.69) is 25.9 Å². The lowest BCUT2D eigenvalue weighted by Crippen LogP contribution is -1.89. The third-order valence-corrected chi connectivity index (χ3v) is 1.76. The molecule has 0 amide bonds. The average molecular weight is 256 g/mol. The molecule has 0 saturated heterocycles. The lowest BCUT2D eigenvalue weighted by atomic mass is 10.2. The molecule has 0 aliphatic carbocycles. The molecule has 0 aliphatic heterocycles. The van der Waals surface area contributed by atoms with E-state index in [-0.39, 0.29) is 51.9 Å². The molecule has 0 saturated carbocycles. The van der Waals surface area contributed by atoms with Crippen molar-refractivity contribution in [2.45, 2.75) is 0 Å². The predicted octanol–water partition coefficient (Wildman–Crippen LogP) is 2.49. The minimum atomic E-state index is -0.400. The van der Waals surface area contributed by atoms with Crippen molar-refractivity contribution < 1.29 is 8.22 Å². The van der Waals surface area contributed by atoms with Crippen molar-refractivity contribution in [3.05, 3.63) is 41.0 Å². The van der Waals surface area contributed by atoms with E-state index < -0.39 is 6.17 Å². The summed E-state index contributed by atoms with van der Waals surface area (Å²) in [5, 5.41) is 0. The molecule has 3 nitrogen and oxygen atoms in total. The first kappa shape index (κ1) is 4.40. The standard InChI is InChI=1S/C10H8BrN3/c11-7-1-3-9(13-5-7)10-4-2-8(12)6-14-10/h1-6H,12H2/i1D,2D,3D,4D,5D,6D. The van der Waals surface area contributed by atoms with E-state index in [0.717, 1.165) is 0 Å². The van der Waals surface area contributed by atoms with Gasteiger partial charge in [-0.05, 0) is 40.1 Å². The molecule has 0 unspecified atom stereocenters. The molecule has 0 bridgehead atoms. The number of hydrogen-bond donors (Lipinski definition) is 1. The molecule has 2 aromatic heterocycles. The number of halogens is 1. The highest BCUT2D eigenvalue weighted by molar-refractivity contribution is 9.10. The maximum Gasteiger partial charge on any atom is 0.0887 e. The van der Waals surface area contributed by atoms with E-state index in [0.29, 0.717) is 0 Å². The minimum absolute atomic E-state index is 0.0606. The number of anilines is 1. The Morgan fingerprint density at radius 1 is 1.07 bits per heavy atom. The van der Waals surface area contributed by atoms with Crippen LogP contribution in [0.1, 0.15) is 8.22 Å². The van der Waals surface area contributed by atoms with E-state index in [1.807, 2.05) is 0 Å². The van der Waals surface area contributed by atoms with Gasteiger partial charge in [-0.3, -0.25) is 9.97 Å². The van der Waals surface area contributed by atoms with Crippen molar-refractivity contribution in [3.8, 4) is 11.4 Å². The topological polar surface area (TPSA) is 51.8 Å². The fourth-order valence-corrected chi connectivity index (χ4v) is 0.986. The summed E-state index contributed by atoms with van der Waals surface area (Å²) in [5.41, 5.74) is 4.82. The van der Waals surface area contributed by atoms with E-state index in [1.54, 1.807) is 0 Å². The van der Waals surface area contributed by atoms with Gasteiger partial charge in [-0.2, -0.15) is 0 Å². The van der Waals surface area contributed by atoms with Gasteiger partial charge in [-0.15, -0.1) is 0 Å². The van der Waals surface area contributed by atoms with Crippen LogP contribution in [0.2, 0.25) is 0 Å². The van der Waals surface area contributed by atoms with Crippen LogP contribution in [0.25, 0.3) is 11.4 Å². The summed E-state index contributed by atoms with van der Waals surface area (Å²) in [6, 6.07) is -1.38. The number of rotatable bonds is 1. The molecular weight excluding hydrogens is 242 g/mol. The zero-order chi connectivity index (χ0) is 15.2. The van der Waals surface area contributed by atoms with Crippen LogP contribution in [-0.2, 0) is 0 Å². The highest BCUT2D eigenvalue weighted by Crippen LogP contribution is 2.17. The second-order valence-electron chi connectivity index (χ2n) is 2.37. The van der Waals surface area contributed by atoms with Crippen LogP contribution in [-0.4, -0.2) is 9.97 Å². The number of hydrogen-bond acceptors (Lipinski definition) is 3. The summed E-state index contributed by atoms with van der Waals surface area (Å²) in [4.78, 5) is 7.54. The highest BCUT2D eigenvalue weighted by atomic mass is 79.9. The van der Waals surface area contributed by atoms with Gasteiger partial charge < -0.3 is 5.73 Å². The second kappa shape index (κ2) is 3.75. The van der Waals surface area contributed by atoms with E-state index in [4.69, 9.17) is 14.0 Å². The molecule has 0 aromatic carbocycles. The van der Waals surface area contributed by atoms with Gasteiger partial charge in [-0.25, -0.2) is 0 Å². The lowest BCUT2D eigenvalue weighted by molar-refractivity contribution is 1.24. The fraction of sp³-hybridized carbons (Fsp3) is 0. The number of pyridine rings is 2. The summed E-state index contributed by atoms with van der Waals surface area (Å²) in [6.07, 6.45) is -0.680. The van der Waals surface area contributed by atoms with Gasteiger partial charge in [0.25, 0.3) is 0 Å². The Morgan fingerprint density at radius 3 is 2.50 bits per heavy atom. The highest BCUT2D eigenvalue weighted by Gasteiger charge is 1.99. The third kappa shape index (κ3) is 1.90.